The third-order valence-corrected chi connectivity index (χ3v) is 37.1. The van der Waals surface area contributed by atoms with Crippen molar-refractivity contribution in [1.82, 2.24) is 0 Å². The maximum atomic E-state index is 4.30. The van der Waals surface area contributed by atoms with Crippen molar-refractivity contribution in [2.24, 2.45) is 0 Å². The van der Waals surface area contributed by atoms with E-state index in [4.69, 9.17) is 0 Å². The zero-order chi connectivity index (χ0) is 7.36. The number of hydrogen-bond acceptors (Lipinski definition) is 2. The van der Waals surface area contributed by atoms with Gasteiger partial charge in [-0.3, -0.25) is 0 Å². The number of rotatable bonds is 1. The van der Waals surface area contributed by atoms with E-state index in [1.165, 1.54) is 0 Å². The molecule has 0 unspecified atom stereocenters. The molecule has 0 spiro atoms. The van der Waals surface area contributed by atoms with E-state index in [1.54, 1.807) is 0 Å². The predicted octanol–water partition coefficient (Wildman–Crippen LogP) is 3.65. The van der Waals surface area contributed by atoms with Crippen LogP contribution in [0.5, 0.6) is 0 Å². The minimum atomic E-state index is -1.23. The first-order valence-corrected chi connectivity index (χ1v) is 12.9. The molecule has 1 fully saturated rings. The number of hydrogen-bond donors (Lipinski definition) is 0. The van der Waals surface area contributed by atoms with Crippen molar-refractivity contribution < 1.29 is 0 Å². The van der Waals surface area contributed by atoms with Crippen molar-refractivity contribution in [2.75, 3.05) is 26.7 Å². The monoisotopic (exact) mass is 200 g/mol. The summed E-state index contributed by atoms with van der Waals surface area (Å²) in [7, 11) is 4.23. The van der Waals surface area contributed by atoms with Gasteiger partial charge in [-0.25, -0.2) is 0 Å². The summed E-state index contributed by atoms with van der Waals surface area (Å²) in [5, 5.41) is 0. The molecular weight excluding hydrogens is 186 g/mol. The van der Waals surface area contributed by atoms with E-state index < -0.39 is 11.3 Å². The molecule has 0 nitrogen and oxygen atoms in total. The first kappa shape index (κ1) is 8.53. The molecule has 4 heteroatoms. The Hall–Kier alpha value is 1.43. The van der Waals surface area contributed by atoms with Crippen molar-refractivity contribution >= 4 is 38.4 Å². The van der Waals surface area contributed by atoms with Gasteiger partial charge in [-0.15, -0.1) is 0 Å². The molecule has 0 saturated carbocycles. The van der Waals surface area contributed by atoms with E-state index in [0.717, 1.165) is 0 Å². The molecule has 0 aromatic carbocycles. The Bertz CT molecular complexity index is 183. The van der Waals surface area contributed by atoms with Crippen LogP contribution in [0.3, 0.4) is 0 Å². The Morgan fingerprint density at radius 2 is 1.56 bits per heavy atom. The van der Waals surface area contributed by atoms with Gasteiger partial charge in [0.15, 0.2) is 0 Å². The molecule has 1 heterocycles. The first-order valence-electron chi connectivity index (χ1n) is 2.84. The summed E-state index contributed by atoms with van der Waals surface area (Å²) in [5.74, 6) is 0. The van der Waals surface area contributed by atoms with Gasteiger partial charge in [-0.2, -0.15) is 0 Å². The molecule has 0 bridgehead atoms. The molecule has 0 atom stereocenters. The minimum absolute atomic E-state index is 0.794. The second kappa shape index (κ2) is 1.78. The first-order chi connectivity index (χ1) is 3.75. The van der Waals surface area contributed by atoms with E-state index in [1.807, 2.05) is 0 Å². The average Bonchev–Trinajstić information content (AvgIpc) is 2.14. The third kappa shape index (κ3) is 1.25. The van der Waals surface area contributed by atoms with Crippen molar-refractivity contribution in [3.05, 3.63) is 0 Å². The van der Waals surface area contributed by atoms with Crippen LogP contribution in [0.25, 0.3) is 0 Å². The molecule has 9 heavy (non-hydrogen) atoms. The van der Waals surface area contributed by atoms with Gasteiger partial charge >= 0.3 is 65.1 Å². The maximum absolute atomic E-state index is 4.30. The van der Waals surface area contributed by atoms with E-state index in [0.29, 0.717) is 0 Å². The molecular formula is C5H14P2S2. The van der Waals surface area contributed by atoms with Crippen molar-refractivity contribution in [3.63, 3.8) is 0 Å². The van der Waals surface area contributed by atoms with Gasteiger partial charge in [0.05, 0.1) is 0 Å². The molecule has 0 aromatic rings. The Morgan fingerprint density at radius 3 is 1.56 bits per heavy atom. The van der Waals surface area contributed by atoms with Crippen LogP contribution < -0.4 is 0 Å². The van der Waals surface area contributed by atoms with Crippen molar-refractivity contribution in [1.29, 1.82) is 0 Å². The molecule has 0 radical (unpaired) electrons. The summed E-state index contributed by atoms with van der Waals surface area (Å²) in [6.45, 7) is 8.82. The normalized spacial score (nSPS) is 34.4. The van der Waals surface area contributed by atoms with Crippen LogP contribution in [-0.2, 0) is 0 Å². The van der Waals surface area contributed by atoms with Crippen LogP contribution in [0.15, 0.2) is 0 Å². The molecule has 0 aliphatic carbocycles. The summed E-state index contributed by atoms with van der Waals surface area (Å²) in [6.07, 6.45) is 4.30. The van der Waals surface area contributed by atoms with E-state index in [-0.39, 0.29) is 0 Å². The summed E-state index contributed by atoms with van der Waals surface area (Å²) in [5.41, 5.74) is 0. The molecule has 1 saturated heterocycles. The van der Waals surface area contributed by atoms with Crippen LogP contribution >= 0.6 is 32.1 Å². The summed E-state index contributed by atoms with van der Waals surface area (Å²) >= 11 is 0. The molecule has 56 valence electrons. The van der Waals surface area contributed by atoms with Gasteiger partial charge in [0.2, 0.25) is 0 Å². The molecule has 1 aliphatic heterocycles. The average molecular weight is 200 g/mol. The van der Waals surface area contributed by atoms with Crippen LogP contribution in [0, 0.1) is 0 Å². The fourth-order valence-electron chi connectivity index (χ4n) is 0.262. The molecule has 0 aromatic heterocycles. The van der Waals surface area contributed by atoms with Gasteiger partial charge < -0.3 is 0 Å². The van der Waals surface area contributed by atoms with Crippen molar-refractivity contribution in [3.8, 4) is 0 Å². The fourth-order valence-corrected chi connectivity index (χ4v) is 23.6. The van der Waals surface area contributed by atoms with Crippen LogP contribution in [0.4, 0.5) is 0 Å². The Labute approximate surface area is 65.2 Å². The molecule has 0 amide bonds. The summed E-state index contributed by atoms with van der Waals surface area (Å²) in [6, 6.07) is 0. The summed E-state index contributed by atoms with van der Waals surface area (Å²) in [4.78, 5) is 0. The Kier molecular flexibility index (Phi) is 1.68. The molecule has 1 aliphatic rings. The Balaban J connectivity index is 2.99. The van der Waals surface area contributed by atoms with E-state index >= 15 is 0 Å². The van der Waals surface area contributed by atoms with Gasteiger partial charge in [-0.1, -0.05) is 0 Å². The quantitative estimate of drug-likeness (QED) is 0.360. The second-order valence-corrected chi connectivity index (χ2v) is 30.1. The van der Waals surface area contributed by atoms with Gasteiger partial charge in [0.25, 0.3) is 0 Å². The standard InChI is InChI=1S/C5H14P2S2/c1-6(2,3)7(4,5)8-9-7/h1H2,2-5H3. The fraction of sp³-hybridized carbons (Fsp3) is 0.800. The van der Waals surface area contributed by atoms with E-state index in [9.17, 15) is 0 Å². The zero-order valence-corrected chi connectivity index (χ0v) is 9.84. The van der Waals surface area contributed by atoms with Gasteiger partial charge in [0.1, 0.15) is 0 Å². The van der Waals surface area contributed by atoms with Crippen LogP contribution in [0.2, 0.25) is 0 Å². The van der Waals surface area contributed by atoms with Gasteiger partial charge in [-0.05, 0) is 0 Å². The third-order valence-electron chi connectivity index (χ3n) is 1.96. The summed E-state index contributed by atoms with van der Waals surface area (Å²) < 4.78 is -1.23. The Morgan fingerprint density at radius 1 is 1.22 bits per heavy atom. The predicted molar refractivity (Wildman–Crippen MR) is 59.8 cm³/mol. The van der Waals surface area contributed by atoms with Crippen molar-refractivity contribution in [2.45, 2.75) is 0 Å². The van der Waals surface area contributed by atoms with E-state index in [2.05, 4.69) is 53.8 Å². The van der Waals surface area contributed by atoms with Crippen LogP contribution in [0.1, 0.15) is 0 Å². The second-order valence-electron chi connectivity index (χ2n) is 3.59. The SMILES string of the molecule is C=P(C)(C)P1(C)(C)SS1. The van der Waals surface area contributed by atoms with Crippen LogP contribution in [-0.4, -0.2) is 33.0 Å². The molecule has 0 N–H and O–H groups in total. The van der Waals surface area contributed by atoms with Gasteiger partial charge in [0, 0.05) is 0 Å². The zero-order valence-electron chi connectivity index (χ0n) is 6.42. The molecule has 1 rings (SSSR count). The topological polar surface area (TPSA) is 0 Å².